The van der Waals surface area contributed by atoms with E-state index in [0.29, 0.717) is 24.7 Å². The van der Waals surface area contributed by atoms with Crippen LogP contribution in [0.15, 0.2) is 97.1 Å². The molecule has 0 bridgehead atoms. The van der Waals surface area contributed by atoms with E-state index >= 15 is 0 Å². The Labute approximate surface area is 311 Å². The van der Waals surface area contributed by atoms with Crippen molar-refractivity contribution in [3.8, 4) is 53.3 Å². The van der Waals surface area contributed by atoms with E-state index < -0.39 is 0 Å². The molecule has 10 rings (SSSR count). The van der Waals surface area contributed by atoms with Crippen LogP contribution in [-0.4, -0.2) is 42.3 Å². The number of carbonyl (C=O) groups excluding carboxylic acids is 2. The zero-order chi connectivity index (χ0) is 34.1. The van der Waals surface area contributed by atoms with Crippen LogP contribution in [0.2, 0.25) is 0 Å². The van der Waals surface area contributed by atoms with Gasteiger partial charge in [-0.25, -0.2) is 0 Å². The highest BCUT2D eigenvalue weighted by atomic mass is 32.1. The fourth-order valence-electron chi connectivity index (χ4n) is 6.57. The third-order valence-corrected chi connectivity index (χ3v) is 13.6. The Hall–Kier alpha value is -4.92. The van der Waals surface area contributed by atoms with E-state index in [1.807, 2.05) is 72.9 Å². The summed E-state index contributed by atoms with van der Waals surface area (Å²) in [5, 5.41) is 0. The second-order valence-corrected chi connectivity index (χ2v) is 16.3. The minimum absolute atomic E-state index is 0.0951. The lowest BCUT2D eigenvalue weighted by molar-refractivity contribution is 0.0962. The van der Waals surface area contributed by atoms with Crippen molar-refractivity contribution in [2.45, 2.75) is 0 Å². The van der Waals surface area contributed by atoms with Crippen LogP contribution in [0.25, 0.3) is 63.8 Å². The number of allylic oxidation sites excluding steroid dienone is 8. The molecular weight excluding hydrogens is 737 g/mol. The first-order chi connectivity index (χ1) is 25.1. The number of hydrogen-bond acceptors (Lipinski definition) is 13. The van der Waals surface area contributed by atoms with Crippen molar-refractivity contribution in [1.29, 1.82) is 0 Å². The molecule has 248 valence electrons. The summed E-state index contributed by atoms with van der Waals surface area (Å²) < 4.78 is 31.5. The second kappa shape index (κ2) is 12.4. The molecule has 8 nitrogen and oxygen atoms in total. The van der Waals surface area contributed by atoms with E-state index in [1.54, 1.807) is 11.3 Å². The van der Waals surface area contributed by atoms with Crippen molar-refractivity contribution in [2.24, 2.45) is 11.8 Å². The highest BCUT2D eigenvalue weighted by Gasteiger charge is 2.30. The Morgan fingerprint density at radius 3 is 1.33 bits per heavy atom. The van der Waals surface area contributed by atoms with Gasteiger partial charge in [-0.2, -0.15) is 17.5 Å². The van der Waals surface area contributed by atoms with Crippen LogP contribution < -0.4 is 9.47 Å². The molecule has 7 aromatic rings. The fourth-order valence-corrected chi connectivity index (χ4v) is 11.0. The molecule has 51 heavy (non-hydrogen) atoms. The van der Waals surface area contributed by atoms with E-state index in [9.17, 15) is 9.59 Å². The first-order valence-electron chi connectivity index (χ1n) is 16.0. The quantitative estimate of drug-likeness (QED) is 0.141. The molecule has 0 saturated heterocycles. The molecule has 6 heterocycles. The molecule has 0 spiro atoms. The number of ketones is 2. The van der Waals surface area contributed by atoms with Crippen molar-refractivity contribution < 1.29 is 19.1 Å². The van der Waals surface area contributed by atoms with Crippen LogP contribution in [-0.2, 0) is 0 Å². The lowest BCUT2D eigenvalue weighted by Gasteiger charge is -2.17. The van der Waals surface area contributed by atoms with Crippen LogP contribution in [0.3, 0.4) is 0 Å². The zero-order valence-electron chi connectivity index (χ0n) is 26.3. The maximum atomic E-state index is 13.1. The lowest BCUT2D eigenvalue weighted by atomic mass is 10.0. The molecule has 0 amide bonds. The van der Waals surface area contributed by atoms with Crippen molar-refractivity contribution in [1.82, 2.24) is 17.5 Å². The number of thiophene rings is 3. The van der Waals surface area contributed by atoms with Gasteiger partial charge < -0.3 is 9.47 Å². The minimum Gasteiger partial charge on any atom is -0.485 e. The van der Waals surface area contributed by atoms with Gasteiger partial charge >= 0.3 is 0 Å². The van der Waals surface area contributed by atoms with Gasteiger partial charge in [-0.3, -0.25) is 9.59 Å². The Balaban J connectivity index is 1.04. The minimum atomic E-state index is -0.213. The predicted molar refractivity (Wildman–Crippen MR) is 207 cm³/mol. The Morgan fingerprint density at radius 2 is 0.902 bits per heavy atom. The molecule has 0 saturated carbocycles. The molecule has 0 atom stereocenters. The maximum absolute atomic E-state index is 13.1. The van der Waals surface area contributed by atoms with Gasteiger partial charge in [0, 0.05) is 32.0 Å². The Bertz CT molecular complexity index is 2480. The summed E-state index contributed by atoms with van der Waals surface area (Å²) >= 11 is 6.87. The number of rotatable bonds is 8. The second-order valence-electron chi connectivity index (χ2n) is 12.0. The highest BCUT2D eigenvalue weighted by Crippen LogP contribution is 2.56. The molecular formula is C38H22N4O4S5. The highest BCUT2D eigenvalue weighted by molar-refractivity contribution is 7.20. The maximum Gasteiger partial charge on any atom is 0.183 e. The van der Waals surface area contributed by atoms with Crippen molar-refractivity contribution >= 4 is 91.1 Å². The average molecular weight is 759 g/mol. The molecule has 13 heteroatoms. The van der Waals surface area contributed by atoms with Crippen molar-refractivity contribution in [2.75, 3.05) is 13.2 Å². The summed E-state index contributed by atoms with van der Waals surface area (Å²) in [5.74, 6) is 1.13. The standard InChI is InChI=1S/C38H22N4O4S5/c43-33(19-5-1-2-6-19)27-15-13-25(47-27)21-9-11-23(31-29(21)39-50-41-31)37-35-36(46-18-17-45-35)38(49-37)24-12-10-22(30-32(24)42-51-40-30)26-14-16-28(48-26)34(44)20-7-3-4-8-20/h1-16,19-20H,17-18H2. The molecule has 1 aliphatic heterocycles. The van der Waals surface area contributed by atoms with Crippen LogP contribution in [0, 0.1) is 11.8 Å². The average Bonchev–Trinajstić information content (AvgIpc) is 4.03. The van der Waals surface area contributed by atoms with Crippen LogP contribution in [0.1, 0.15) is 19.3 Å². The molecule has 2 aliphatic carbocycles. The van der Waals surface area contributed by atoms with E-state index in [0.717, 1.165) is 73.6 Å². The molecule has 0 fully saturated rings. The number of Topliss-reactive ketones (excluding diaryl/α,β-unsaturated/α-hetero) is 2. The van der Waals surface area contributed by atoms with Crippen LogP contribution in [0.5, 0.6) is 11.5 Å². The van der Waals surface area contributed by atoms with Gasteiger partial charge in [-0.05, 0) is 24.3 Å². The SMILES string of the molecule is O=C(c1ccc(-c2ccc(-c3sc(-c4ccc(-c5ccc(C(=O)C6C=CC=C6)s5)c5nsnc45)c4c3OCCO4)c3nsnc23)s1)C1C=CC=C1. The lowest BCUT2D eigenvalue weighted by Crippen LogP contribution is -2.14. The van der Waals surface area contributed by atoms with Crippen LogP contribution >= 0.6 is 57.5 Å². The number of nitrogens with zero attached hydrogens (tertiary/aromatic N) is 4. The van der Waals surface area contributed by atoms with E-state index in [2.05, 4.69) is 24.3 Å². The topological polar surface area (TPSA) is 104 Å². The molecule has 3 aliphatic rings. The summed E-state index contributed by atoms with van der Waals surface area (Å²) in [6, 6.07) is 16.0. The number of fused-ring (bicyclic) bond motifs is 3. The van der Waals surface area contributed by atoms with Gasteiger partial charge in [0.1, 0.15) is 35.3 Å². The summed E-state index contributed by atoms with van der Waals surface area (Å²) in [4.78, 5) is 31.3. The summed E-state index contributed by atoms with van der Waals surface area (Å²) in [7, 11) is 0. The first kappa shape index (κ1) is 30.9. The Morgan fingerprint density at radius 1 is 0.510 bits per heavy atom. The third-order valence-electron chi connectivity index (χ3n) is 9.05. The van der Waals surface area contributed by atoms with Crippen molar-refractivity contribution in [3.05, 3.63) is 107 Å². The summed E-state index contributed by atoms with van der Waals surface area (Å²) in [5.41, 5.74) is 6.79. The number of carbonyl (C=O) groups is 2. The van der Waals surface area contributed by atoms with Gasteiger partial charge in [0.15, 0.2) is 23.1 Å². The van der Waals surface area contributed by atoms with E-state index in [-0.39, 0.29) is 23.4 Å². The third kappa shape index (κ3) is 5.10. The number of aromatic nitrogens is 4. The number of ether oxygens (including phenoxy) is 2. The van der Waals surface area contributed by atoms with Gasteiger partial charge in [-0.1, -0.05) is 72.9 Å². The van der Waals surface area contributed by atoms with Crippen molar-refractivity contribution in [3.63, 3.8) is 0 Å². The van der Waals surface area contributed by atoms with Gasteiger partial charge in [0.05, 0.1) is 54.8 Å². The van der Waals surface area contributed by atoms with E-state index in [4.69, 9.17) is 27.0 Å². The molecule has 0 unspecified atom stereocenters. The monoisotopic (exact) mass is 758 g/mol. The molecule has 5 aromatic heterocycles. The van der Waals surface area contributed by atoms with Gasteiger partial charge in [0.25, 0.3) is 0 Å². The summed E-state index contributed by atoms with van der Waals surface area (Å²) in [6.45, 7) is 0.866. The predicted octanol–water partition coefficient (Wildman–Crippen LogP) is 10.2. The smallest absolute Gasteiger partial charge is 0.183 e. The molecule has 0 radical (unpaired) electrons. The zero-order valence-corrected chi connectivity index (χ0v) is 30.4. The van der Waals surface area contributed by atoms with Gasteiger partial charge in [0.2, 0.25) is 0 Å². The van der Waals surface area contributed by atoms with Gasteiger partial charge in [-0.15, -0.1) is 34.0 Å². The fraction of sp³-hybridized carbons (Fsp3) is 0.105. The normalized spacial score (nSPS) is 15.3. The first-order valence-corrected chi connectivity index (χ1v) is 20.0. The number of benzene rings is 2. The molecule has 0 N–H and O–H groups in total. The largest absolute Gasteiger partial charge is 0.485 e. The Kier molecular flexibility index (Phi) is 7.50. The molecule has 2 aromatic carbocycles. The summed E-state index contributed by atoms with van der Waals surface area (Å²) in [6.07, 6.45) is 15.3. The van der Waals surface area contributed by atoms with Crippen LogP contribution in [0.4, 0.5) is 0 Å². The number of hydrogen-bond donors (Lipinski definition) is 0. The van der Waals surface area contributed by atoms with E-state index in [1.165, 1.54) is 46.1 Å².